The molecule has 3 rings (SSSR count). The van der Waals surface area contributed by atoms with Crippen LogP contribution in [0.3, 0.4) is 0 Å². The van der Waals surface area contributed by atoms with E-state index in [4.69, 9.17) is 9.47 Å². The van der Waals surface area contributed by atoms with Gasteiger partial charge in [-0.25, -0.2) is 13.2 Å². The Hall–Kier alpha value is -2.80. The van der Waals surface area contributed by atoms with E-state index in [1.54, 1.807) is 13.0 Å². The average Bonchev–Trinajstić information content (AvgIpc) is 2.98. The van der Waals surface area contributed by atoms with Crippen molar-refractivity contribution >= 4 is 27.2 Å². The number of para-hydroxylation sites is 1. The molecule has 6 nitrogen and oxygen atoms in total. The second-order valence-electron chi connectivity index (χ2n) is 9.84. The van der Waals surface area contributed by atoms with Crippen LogP contribution >= 0.6 is 0 Å². The van der Waals surface area contributed by atoms with E-state index in [1.807, 2.05) is 43.3 Å². The Bertz CT molecular complexity index is 1170. The van der Waals surface area contributed by atoms with Crippen LogP contribution in [-0.4, -0.2) is 33.3 Å². The van der Waals surface area contributed by atoms with Gasteiger partial charge >= 0.3 is 5.97 Å². The van der Waals surface area contributed by atoms with Gasteiger partial charge in [0.05, 0.1) is 35.3 Å². The Morgan fingerprint density at radius 2 is 1.70 bits per heavy atom. The molecule has 0 N–H and O–H groups in total. The highest BCUT2D eigenvalue weighted by molar-refractivity contribution is 7.91. The summed E-state index contributed by atoms with van der Waals surface area (Å²) in [5.74, 6) is 0.0442. The topological polar surface area (TPSA) is 72.9 Å². The molecule has 0 aliphatic carbocycles. The normalized spacial score (nSPS) is 16.3. The summed E-state index contributed by atoms with van der Waals surface area (Å²) in [6.45, 7) is 8.98. The molecule has 202 valence electrons. The smallest absolute Gasteiger partial charge is 0.333 e. The van der Waals surface area contributed by atoms with Gasteiger partial charge in [-0.3, -0.25) is 0 Å². The third kappa shape index (κ3) is 7.16. The van der Waals surface area contributed by atoms with Gasteiger partial charge in [0.15, 0.2) is 9.84 Å². The third-order valence-corrected chi connectivity index (χ3v) is 9.00. The van der Waals surface area contributed by atoms with Gasteiger partial charge < -0.3 is 14.4 Å². The molecule has 0 amide bonds. The van der Waals surface area contributed by atoms with Crippen molar-refractivity contribution in [2.45, 2.75) is 77.5 Å². The maximum Gasteiger partial charge on any atom is 0.333 e. The number of ether oxygens (including phenoxy) is 2. The van der Waals surface area contributed by atoms with Crippen LogP contribution in [0.2, 0.25) is 0 Å². The predicted molar refractivity (Wildman–Crippen MR) is 149 cm³/mol. The van der Waals surface area contributed by atoms with Gasteiger partial charge in [0.1, 0.15) is 5.75 Å². The van der Waals surface area contributed by atoms with E-state index >= 15 is 0 Å². The van der Waals surface area contributed by atoms with Crippen molar-refractivity contribution in [3.8, 4) is 5.75 Å². The van der Waals surface area contributed by atoms with Gasteiger partial charge in [0, 0.05) is 23.7 Å². The zero-order valence-electron chi connectivity index (χ0n) is 22.7. The number of carbonyl (C=O) groups excluding carboxylic acids is 1. The van der Waals surface area contributed by atoms with Crippen LogP contribution < -0.4 is 9.64 Å². The minimum Gasteiger partial charge on any atom is -0.464 e. The van der Waals surface area contributed by atoms with E-state index in [0.717, 1.165) is 49.8 Å². The minimum atomic E-state index is -3.62. The fourth-order valence-corrected chi connectivity index (χ4v) is 7.22. The van der Waals surface area contributed by atoms with Crippen molar-refractivity contribution < 1.29 is 22.7 Å². The molecule has 0 atom stereocenters. The molecule has 0 saturated carbocycles. The highest BCUT2D eigenvalue weighted by atomic mass is 32.2. The lowest BCUT2D eigenvalue weighted by atomic mass is 9.79. The number of aryl methyl sites for hydroxylation is 1. The van der Waals surface area contributed by atoms with E-state index in [-0.39, 0.29) is 22.7 Å². The number of hydrogen-bond acceptors (Lipinski definition) is 6. The van der Waals surface area contributed by atoms with E-state index in [0.29, 0.717) is 24.4 Å². The average molecular weight is 528 g/mol. The summed E-state index contributed by atoms with van der Waals surface area (Å²) in [7, 11) is -3.62. The molecule has 7 heteroatoms. The van der Waals surface area contributed by atoms with Crippen LogP contribution in [-0.2, 0) is 25.8 Å². The van der Waals surface area contributed by atoms with E-state index in [9.17, 15) is 13.2 Å². The van der Waals surface area contributed by atoms with Gasteiger partial charge in [-0.15, -0.1) is 0 Å². The van der Waals surface area contributed by atoms with Crippen molar-refractivity contribution in [2.24, 2.45) is 5.41 Å². The highest BCUT2D eigenvalue weighted by Crippen LogP contribution is 2.46. The molecule has 0 unspecified atom stereocenters. The van der Waals surface area contributed by atoms with Crippen LogP contribution in [0.15, 0.2) is 59.7 Å². The van der Waals surface area contributed by atoms with Crippen LogP contribution in [0.1, 0.15) is 71.8 Å². The zero-order valence-corrected chi connectivity index (χ0v) is 23.5. The van der Waals surface area contributed by atoms with Crippen molar-refractivity contribution in [3.63, 3.8) is 0 Å². The summed E-state index contributed by atoms with van der Waals surface area (Å²) in [4.78, 5) is 14.2. The lowest BCUT2D eigenvalue weighted by molar-refractivity contribution is -0.137. The minimum absolute atomic E-state index is 0.111. The molecule has 0 spiro atoms. The summed E-state index contributed by atoms with van der Waals surface area (Å²) in [6, 6.07) is 13.6. The monoisotopic (exact) mass is 527 g/mol. The number of unbranched alkanes of at least 4 members (excludes halogenated alkanes) is 2. The molecular formula is C30H41NO5S. The molecule has 0 saturated heterocycles. The lowest BCUT2D eigenvalue weighted by Crippen LogP contribution is -2.38. The Morgan fingerprint density at radius 1 is 1.03 bits per heavy atom. The summed E-state index contributed by atoms with van der Waals surface area (Å²) in [5.41, 5.74) is 2.20. The molecule has 37 heavy (non-hydrogen) atoms. The van der Waals surface area contributed by atoms with Crippen molar-refractivity contribution in [1.82, 2.24) is 0 Å². The first-order chi connectivity index (χ1) is 17.8. The Morgan fingerprint density at radius 3 is 2.30 bits per heavy atom. The molecule has 1 aliphatic rings. The third-order valence-electron chi connectivity index (χ3n) is 7.01. The number of nitrogens with zero attached hydrogens (tertiary/aromatic N) is 1. The number of sulfone groups is 1. The molecule has 0 bridgehead atoms. The molecule has 0 aromatic heterocycles. The van der Waals surface area contributed by atoms with E-state index < -0.39 is 15.8 Å². The van der Waals surface area contributed by atoms with Gasteiger partial charge in [-0.2, -0.15) is 0 Å². The van der Waals surface area contributed by atoms with Crippen molar-refractivity contribution in [1.29, 1.82) is 0 Å². The summed E-state index contributed by atoms with van der Waals surface area (Å²) < 4.78 is 38.8. The summed E-state index contributed by atoms with van der Waals surface area (Å²) in [6.07, 6.45) is 8.89. The van der Waals surface area contributed by atoms with Gasteiger partial charge in [0.25, 0.3) is 0 Å². The second-order valence-corrected chi connectivity index (χ2v) is 11.8. The quantitative estimate of drug-likeness (QED) is 0.168. The van der Waals surface area contributed by atoms with Crippen molar-refractivity contribution in [2.75, 3.05) is 23.8 Å². The number of anilines is 2. The zero-order chi connectivity index (χ0) is 26.9. The largest absolute Gasteiger partial charge is 0.464 e. The van der Waals surface area contributed by atoms with Crippen LogP contribution in [0, 0.1) is 5.41 Å². The number of rotatable bonds is 12. The lowest BCUT2D eigenvalue weighted by Gasteiger charge is -2.37. The van der Waals surface area contributed by atoms with Gasteiger partial charge in [-0.1, -0.05) is 64.7 Å². The Balaban J connectivity index is 2.17. The fraction of sp³-hybridized carbons (Fsp3) is 0.500. The number of carbonyl (C=O) groups is 1. The summed E-state index contributed by atoms with van der Waals surface area (Å²) in [5, 5.41) is 0. The Labute approximate surface area is 222 Å². The number of hydrogen-bond donors (Lipinski definition) is 0. The molecule has 1 heterocycles. The standard InChI is InChI=1S/C30H41NO5S/c1-5-9-17-30(18-10-6-2)22-31(25-14-12-11-13-15-25)26-20-24(7-3)27(21-28(26)37(33,34)23-30)36-19-16-29(32)35-8-4/h11-16,19-21H,5-10,17-18,22-23H2,1-4H3/b19-16-. The molecule has 2 aromatic carbocycles. The first-order valence-corrected chi connectivity index (χ1v) is 15.2. The van der Waals surface area contributed by atoms with Gasteiger partial charge in [-0.05, 0) is 49.9 Å². The van der Waals surface area contributed by atoms with Crippen LogP contribution in [0.4, 0.5) is 11.4 Å². The molecule has 2 aromatic rings. The molecule has 0 radical (unpaired) electrons. The number of esters is 1. The Kier molecular flexibility index (Phi) is 10.2. The SMILES string of the molecule is CCCCC1(CCCC)CN(c2ccccc2)c2cc(CC)c(O/C=C\C(=O)OCC)cc2S(=O)(=O)C1. The van der Waals surface area contributed by atoms with E-state index in [1.165, 1.54) is 12.3 Å². The first kappa shape index (κ1) is 28.8. The van der Waals surface area contributed by atoms with Gasteiger partial charge in [0.2, 0.25) is 0 Å². The molecular weight excluding hydrogens is 486 g/mol. The molecule has 0 fully saturated rings. The predicted octanol–water partition coefficient (Wildman–Crippen LogP) is 7.00. The molecule has 1 aliphatic heterocycles. The number of fused-ring (bicyclic) bond motifs is 1. The van der Waals surface area contributed by atoms with E-state index in [2.05, 4.69) is 18.7 Å². The second kappa shape index (κ2) is 13.1. The van der Waals surface area contributed by atoms with Crippen molar-refractivity contribution in [3.05, 3.63) is 60.4 Å². The fourth-order valence-electron chi connectivity index (χ4n) is 5.11. The number of benzene rings is 2. The maximum atomic E-state index is 14.1. The summed E-state index contributed by atoms with van der Waals surface area (Å²) >= 11 is 0. The first-order valence-electron chi connectivity index (χ1n) is 13.5. The van der Waals surface area contributed by atoms with Crippen LogP contribution in [0.5, 0.6) is 5.75 Å². The maximum absolute atomic E-state index is 14.1. The van der Waals surface area contributed by atoms with Crippen LogP contribution in [0.25, 0.3) is 0 Å². The highest BCUT2D eigenvalue weighted by Gasteiger charge is 2.42.